The number of amides is 1. The fourth-order valence-electron chi connectivity index (χ4n) is 2.74. The van der Waals surface area contributed by atoms with Crippen LogP contribution in [0.15, 0.2) is 79.1 Å². The molecule has 1 heterocycles. The van der Waals surface area contributed by atoms with Crippen LogP contribution >= 0.6 is 0 Å². The first-order chi connectivity index (χ1) is 13.7. The van der Waals surface area contributed by atoms with Crippen molar-refractivity contribution >= 4 is 12.0 Å². The molecule has 1 atom stereocenters. The summed E-state index contributed by atoms with van der Waals surface area (Å²) in [5, 5.41) is 7.18. The van der Waals surface area contributed by atoms with Crippen LogP contribution in [0.1, 0.15) is 30.6 Å². The summed E-state index contributed by atoms with van der Waals surface area (Å²) in [6, 6.07) is 20.0. The molecule has 3 rings (SSSR count). The van der Waals surface area contributed by atoms with E-state index in [1.807, 2.05) is 61.7 Å². The molecule has 1 N–H and O–H groups in total. The third-order valence-corrected chi connectivity index (χ3v) is 4.31. The Balaban J connectivity index is 1.36. The molecule has 1 aromatic heterocycles. The largest absolute Gasteiger partial charge is 0.374 e. The summed E-state index contributed by atoms with van der Waals surface area (Å²) in [4.78, 5) is 11.9. The van der Waals surface area contributed by atoms with Crippen molar-refractivity contribution < 1.29 is 9.53 Å². The van der Waals surface area contributed by atoms with Gasteiger partial charge in [0.15, 0.2) is 0 Å². The number of rotatable bonds is 9. The van der Waals surface area contributed by atoms with Crippen LogP contribution in [-0.4, -0.2) is 28.8 Å². The Kier molecular flexibility index (Phi) is 7.15. The second-order valence-corrected chi connectivity index (χ2v) is 6.46. The molecule has 1 unspecified atom stereocenters. The quantitative estimate of drug-likeness (QED) is 0.451. The Bertz CT molecular complexity index is 888. The number of ether oxygens (including phenoxy) is 1. The standard InChI is InChI=1S/C23H25N3O2/c1-19(21-9-4-2-5-10-21)28-16-8-15-24-23(27)14-13-20-17-25-26(18-20)22-11-6-3-7-12-22/h2-7,9-14,17-19H,8,15-16H2,1H3,(H,24,27)/b14-13+. The van der Waals surface area contributed by atoms with Gasteiger partial charge in [-0.05, 0) is 37.1 Å². The van der Waals surface area contributed by atoms with Crippen molar-refractivity contribution in [3.63, 3.8) is 0 Å². The third kappa shape index (κ3) is 5.93. The molecular weight excluding hydrogens is 350 g/mol. The molecule has 0 aliphatic heterocycles. The van der Waals surface area contributed by atoms with Crippen LogP contribution in [0, 0.1) is 0 Å². The average molecular weight is 375 g/mol. The van der Waals surface area contributed by atoms with Crippen LogP contribution in [0.25, 0.3) is 11.8 Å². The van der Waals surface area contributed by atoms with Gasteiger partial charge in [0.1, 0.15) is 0 Å². The zero-order chi connectivity index (χ0) is 19.6. The highest BCUT2D eigenvalue weighted by Gasteiger charge is 2.04. The van der Waals surface area contributed by atoms with Crippen LogP contribution in [0.5, 0.6) is 0 Å². The minimum Gasteiger partial charge on any atom is -0.374 e. The maximum atomic E-state index is 11.9. The number of nitrogens with zero attached hydrogens (tertiary/aromatic N) is 2. The van der Waals surface area contributed by atoms with E-state index in [1.165, 1.54) is 6.08 Å². The number of benzene rings is 2. The van der Waals surface area contributed by atoms with E-state index in [2.05, 4.69) is 22.5 Å². The lowest BCUT2D eigenvalue weighted by Crippen LogP contribution is -2.23. The van der Waals surface area contributed by atoms with E-state index in [1.54, 1.807) is 17.0 Å². The van der Waals surface area contributed by atoms with E-state index in [0.717, 1.165) is 23.2 Å². The normalized spacial score (nSPS) is 12.2. The highest BCUT2D eigenvalue weighted by Crippen LogP contribution is 2.15. The highest BCUT2D eigenvalue weighted by atomic mass is 16.5. The fraction of sp³-hybridized carbons (Fsp3) is 0.217. The maximum absolute atomic E-state index is 11.9. The summed E-state index contributed by atoms with van der Waals surface area (Å²) in [5.41, 5.74) is 3.01. The Labute approximate surface area is 165 Å². The Hall–Kier alpha value is -3.18. The fourth-order valence-corrected chi connectivity index (χ4v) is 2.74. The zero-order valence-electron chi connectivity index (χ0n) is 16.0. The monoisotopic (exact) mass is 375 g/mol. The number of aromatic nitrogens is 2. The zero-order valence-corrected chi connectivity index (χ0v) is 16.0. The first kappa shape index (κ1) is 19.6. The average Bonchev–Trinajstić information content (AvgIpc) is 3.22. The van der Waals surface area contributed by atoms with E-state index in [-0.39, 0.29) is 12.0 Å². The second-order valence-electron chi connectivity index (χ2n) is 6.46. The molecule has 1 amide bonds. The molecule has 0 aliphatic rings. The molecular formula is C23H25N3O2. The molecule has 0 aliphatic carbocycles. The molecule has 0 radical (unpaired) electrons. The van der Waals surface area contributed by atoms with E-state index < -0.39 is 0 Å². The molecule has 0 saturated heterocycles. The lowest BCUT2D eigenvalue weighted by Gasteiger charge is -2.13. The van der Waals surface area contributed by atoms with Gasteiger partial charge in [-0.25, -0.2) is 4.68 Å². The predicted octanol–water partition coefficient (Wildman–Crippen LogP) is 4.17. The summed E-state index contributed by atoms with van der Waals surface area (Å²) >= 11 is 0. The van der Waals surface area contributed by atoms with Crippen LogP contribution in [0.2, 0.25) is 0 Å². The molecule has 5 heteroatoms. The number of para-hydroxylation sites is 1. The summed E-state index contributed by atoms with van der Waals surface area (Å²) < 4.78 is 7.58. The van der Waals surface area contributed by atoms with Gasteiger partial charge >= 0.3 is 0 Å². The van der Waals surface area contributed by atoms with Gasteiger partial charge in [-0.1, -0.05) is 48.5 Å². The minimum absolute atomic E-state index is 0.0537. The number of hydrogen-bond acceptors (Lipinski definition) is 3. The van der Waals surface area contributed by atoms with Crippen molar-refractivity contribution in [2.24, 2.45) is 0 Å². The molecule has 3 aromatic rings. The van der Waals surface area contributed by atoms with Crippen molar-refractivity contribution in [2.75, 3.05) is 13.2 Å². The van der Waals surface area contributed by atoms with E-state index in [0.29, 0.717) is 13.2 Å². The van der Waals surface area contributed by atoms with Crippen molar-refractivity contribution in [1.29, 1.82) is 0 Å². The molecule has 2 aromatic carbocycles. The number of nitrogens with one attached hydrogen (secondary N) is 1. The van der Waals surface area contributed by atoms with E-state index >= 15 is 0 Å². The van der Waals surface area contributed by atoms with Gasteiger partial charge in [-0.3, -0.25) is 4.79 Å². The van der Waals surface area contributed by atoms with Gasteiger partial charge in [0.2, 0.25) is 5.91 Å². The summed E-state index contributed by atoms with van der Waals surface area (Å²) in [6.07, 6.45) is 7.73. The van der Waals surface area contributed by atoms with Gasteiger partial charge in [-0.15, -0.1) is 0 Å². The van der Waals surface area contributed by atoms with Gasteiger partial charge in [0.25, 0.3) is 0 Å². The smallest absolute Gasteiger partial charge is 0.244 e. The Morgan fingerprint density at radius 3 is 2.61 bits per heavy atom. The molecule has 144 valence electrons. The molecule has 0 spiro atoms. The van der Waals surface area contributed by atoms with E-state index in [4.69, 9.17) is 4.74 Å². The van der Waals surface area contributed by atoms with Crippen LogP contribution in [-0.2, 0) is 9.53 Å². The highest BCUT2D eigenvalue weighted by molar-refractivity contribution is 5.91. The van der Waals surface area contributed by atoms with Crippen LogP contribution in [0.4, 0.5) is 0 Å². The lowest BCUT2D eigenvalue weighted by atomic mass is 10.1. The van der Waals surface area contributed by atoms with Crippen molar-refractivity contribution in [3.8, 4) is 5.69 Å². The predicted molar refractivity (Wildman–Crippen MR) is 111 cm³/mol. The van der Waals surface area contributed by atoms with Crippen molar-refractivity contribution in [2.45, 2.75) is 19.4 Å². The Morgan fingerprint density at radius 2 is 1.86 bits per heavy atom. The van der Waals surface area contributed by atoms with Gasteiger partial charge < -0.3 is 10.1 Å². The summed E-state index contributed by atoms with van der Waals surface area (Å²) in [7, 11) is 0. The van der Waals surface area contributed by atoms with Gasteiger partial charge in [0, 0.05) is 31.0 Å². The maximum Gasteiger partial charge on any atom is 0.244 e. The summed E-state index contributed by atoms with van der Waals surface area (Å²) in [6.45, 7) is 3.21. The second kappa shape index (κ2) is 10.2. The van der Waals surface area contributed by atoms with Crippen LogP contribution < -0.4 is 5.32 Å². The Morgan fingerprint density at radius 1 is 1.14 bits per heavy atom. The van der Waals surface area contributed by atoms with Crippen molar-refractivity contribution in [3.05, 3.63) is 90.3 Å². The first-order valence-corrected chi connectivity index (χ1v) is 9.45. The molecule has 28 heavy (non-hydrogen) atoms. The molecule has 5 nitrogen and oxygen atoms in total. The van der Waals surface area contributed by atoms with Crippen molar-refractivity contribution in [1.82, 2.24) is 15.1 Å². The van der Waals surface area contributed by atoms with E-state index in [9.17, 15) is 4.79 Å². The van der Waals surface area contributed by atoms with Gasteiger partial charge in [-0.2, -0.15) is 5.10 Å². The first-order valence-electron chi connectivity index (χ1n) is 9.45. The lowest BCUT2D eigenvalue weighted by molar-refractivity contribution is -0.116. The summed E-state index contributed by atoms with van der Waals surface area (Å²) in [5.74, 6) is -0.122. The number of carbonyl (C=O) groups is 1. The third-order valence-electron chi connectivity index (χ3n) is 4.31. The number of carbonyl (C=O) groups excluding carboxylic acids is 1. The minimum atomic E-state index is -0.122. The molecule has 0 bridgehead atoms. The van der Waals surface area contributed by atoms with Crippen LogP contribution in [0.3, 0.4) is 0 Å². The molecule has 0 saturated carbocycles. The van der Waals surface area contributed by atoms with Gasteiger partial charge in [0.05, 0.1) is 18.0 Å². The topological polar surface area (TPSA) is 56.1 Å². The SMILES string of the molecule is CC(OCCCNC(=O)/C=C/c1cnn(-c2ccccc2)c1)c1ccccc1. The molecule has 0 fully saturated rings. The number of hydrogen-bond donors (Lipinski definition) is 1.